The number of rotatable bonds is 2. The van der Waals surface area contributed by atoms with Gasteiger partial charge in [-0.2, -0.15) is 0 Å². The summed E-state index contributed by atoms with van der Waals surface area (Å²) in [4.78, 5) is 9.16. The van der Waals surface area contributed by atoms with E-state index in [1.54, 1.807) is 7.11 Å². The molecule has 0 saturated carbocycles. The lowest BCUT2D eigenvalue weighted by molar-refractivity contribution is 0.412. The summed E-state index contributed by atoms with van der Waals surface area (Å²) in [5.41, 5.74) is 4.51. The second-order valence-electron chi connectivity index (χ2n) is 4.78. The van der Waals surface area contributed by atoms with Crippen LogP contribution in [-0.4, -0.2) is 23.6 Å². The first-order valence-corrected chi connectivity index (χ1v) is 6.48. The number of hydrogen-bond acceptors (Lipinski definition) is 4. The number of hydrogen-bond donors (Lipinski definition) is 1. The molecular formula is C15H17N3O. The van der Waals surface area contributed by atoms with Crippen molar-refractivity contribution >= 4 is 0 Å². The lowest BCUT2D eigenvalue weighted by Crippen LogP contribution is -2.24. The molecule has 19 heavy (non-hydrogen) atoms. The van der Waals surface area contributed by atoms with Gasteiger partial charge >= 0.3 is 0 Å². The molecule has 1 aromatic heterocycles. The SMILES string of the molecule is COc1ccc(-c2ncc3c(n2)CCNC3)cc1C. The first kappa shape index (κ1) is 12.1. The van der Waals surface area contributed by atoms with E-state index >= 15 is 0 Å². The van der Waals surface area contributed by atoms with E-state index < -0.39 is 0 Å². The van der Waals surface area contributed by atoms with Crippen molar-refractivity contribution in [1.29, 1.82) is 0 Å². The van der Waals surface area contributed by atoms with Crippen LogP contribution < -0.4 is 10.1 Å². The molecule has 0 saturated heterocycles. The molecular weight excluding hydrogens is 238 g/mol. The van der Waals surface area contributed by atoms with Crippen molar-refractivity contribution in [2.45, 2.75) is 19.9 Å². The van der Waals surface area contributed by atoms with Crippen LogP contribution in [0, 0.1) is 6.92 Å². The Bertz CT molecular complexity index is 610. The topological polar surface area (TPSA) is 47.0 Å². The van der Waals surface area contributed by atoms with Crippen LogP contribution in [0.4, 0.5) is 0 Å². The second-order valence-corrected chi connectivity index (χ2v) is 4.78. The fraction of sp³-hybridized carbons (Fsp3) is 0.333. The maximum atomic E-state index is 5.28. The Kier molecular flexibility index (Phi) is 3.17. The molecule has 3 rings (SSSR count). The Hall–Kier alpha value is -1.94. The molecule has 1 N–H and O–H groups in total. The lowest BCUT2D eigenvalue weighted by Gasteiger charge is -2.16. The van der Waals surface area contributed by atoms with Gasteiger partial charge in [-0.25, -0.2) is 9.97 Å². The fourth-order valence-corrected chi connectivity index (χ4v) is 2.39. The van der Waals surface area contributed by atoms with Gasteiger partial charge in [0.15, 0.2) is 5.82 Å². The van der Waals surface area contributed by atoms with E-state index in [-0.39, 0.29) is 0 Å². The molecule has 0 radical (unpaired) electrons. The predicted molar refractivity (Wildman–Crippen MR) is 74.2 cm³/mol. The van der Waals surface area contributed by atoms with Gasteiger partial charge < -0.3 is 10.1 Å². The van der Waals surface area contributed by atoms with Crippen LogP contribution in [-0.2, 0) is 13.0 Å². The number of aryl methyl sites for hydroxylation is 1. The van der Waals surface area contributed by atoms with Crippen molar-refractivity contribution in [2.75, 3.05) is 13.7 Å². The third-order valence-electron chi connectivity index (χ3n) is 3.46. The van der Waals surface area contributed by atoms with Crippen molar-refractivity contribution < 1.29 is 4.74 Å². The molecule has 0 aliphatic carbocycles. The molecule has 98 valence electrons. The van der Waals surface area contributed by atoms with E-state index in [0.717, 1.165) is 47.9 Å². The third kappa shape index (κ3) is 2.31. The minimum absolute atomic E-state index is 0.798. The van der Waals surface area contributed by atoms with Gasteiger partial charge in [0.1, 0.15) is 5.75 Å². The standard InChI is InChI=1S/C15H17N3O/c1-10-7-11(3-4-14(10)19-2)15-17-9-12-8-16-6-5-13(12)18-15/h3-4,7,9,16H,5-6,8H2,1-2H3. The summed E-state index contributed by atoms with van der Waals surface area (Å²) < 4.78 is 5.28. The van der Waals surface area contributed by atoms with Crippen LogP contribution in [0.3, 0.4) is 0 Å². The minimum atomic E-state index is 0.798. The zero-order valence-corrected chi connectivity index (χ0v) is 11.2. The van der Waals surface area contributed by atoms with E-state index in [2.05, 4.69) is 21.4 Å². The van der Waals surface area contributed by atoms with Gasteiger partial charge in [0.25, 0.3) is 0 Å². The largest absolute Gasteiger partial charge is 0.496 e. The van der Waals surface area contributed by atoms with E-state index in [9.17, 15) is 0 Å². The predicted octanol–water partition coefficient (Wildman–Crippen LogP) is 2.11. The van der Waals surface area contributed by atoms with Crippen LogP contribution in [0.2, 0.25) is 0 Å². The van der Waals surface area contributed by atoms with Crippen LogP contribution >= 0.6 is 0 Å². The molecule has 1 aromatic carbocycles. The summed E-state index contributed by atoms with van der Waals surface area (Å²) >= 11 is 0. The molecule has 0 spiro atoms. The number of ether oxygens (including phenoxy) is 1. The van der Waals surface area contributed by atoms with Gasteiger partial charge in [0.2, 0.25) is 0 Å². The van der Waals surface area contributed by atoms with E-state index in [1.165, 1.54) is 5.56 Å². The monoisotopic (exact) mass is 255 g/mol. The van der Waals surface area contributed by atoms with Gasteiger partial charge in [0.05, 0.1) is 12.8 Å². The maximum absolute atomic E-state index is 5.28. The summed E-state index contributed by atoms with van der Waals surface area (Å²) in [6.07, 6.45) is 2.91. The van der Waals surface area contributed by atoms with Crippen molar-refractivity contribution in [2.24, 2.45) is 0 Å². The number of fused-ring (bicyclic) bond motifs is 1. The highest BCUT2D eigenvalue weighted by molar-refractivity contribution is 5.59. The Morgan fingerprint density at radius 1 is 1.32 bits per heavy atom. The number of methoxy groups -OCH3 is 1. The second kappa shape index (κ2) is 4.97. The quantitative estimate of drug-likeness (QED) is 0.892. The Morgan fingerprint density at radius 2 is 2.21 bits per heavy atom. The number of aromatic nitrogens is 2. The highest BCUT2D eigenvalue weighted by Crippen LogP contribution is 2.24. The van der Waals surface area contributed by atoms with Gasteiger partial charge in [-0.1, -0.05) is 0 Å². The molecule has 4 heteroatoms. The third-order valence-corrected chi connectivity index (χ3v) is 3.46. The van der Waals surface area contributed by atoms with Crippen LogP contribution in [0.15, 0.2) is 24.4 Å². The minimum Gasteiger partial charge on any atom is -0.496 e. The van der Waals surface area contributed by atoms with E-state index in [1.807, 2.05) is 25.3 Å². The molecule has 2 heterocycles. The summed E-state index contributed by atoms with van der Waals surface area (Å²) in [5, 5.41) is 3.33. The fourth-order valence-electron chi connectivity index (χ4n) is 2.39. The number of nitrogens with zero attached hydrogens (tertiary/aromatic N) is 2. The molecule has 0 fully saturated rings. The molecule has 2 aromatic rings. The Labute approximate surface area is 112 Å². The first-order chi connectivity index (χ1) is 9.28. The number of benzene rings is 1. The zero-order chi connectivity index (χ0) is 13.2. The highest BCUT2D eigenvalue weighted by Gasteiger charge is 2.12. The lowest BCUT2D eigenvalue weighted by atomic mass is 10.1. The molecule has 4 nitrogen and oxygen atoms in total. The van der Waals surface area contributed by atoms with Gasteiger partial charge in [-0.3, -0.25) is 0 Å². The molecule has 1 aliphatic rings. The molecule has 0 unspecified atom stereocenters. The summed E-state index contributed by atoms with van der Waals surface area (Å²) in [6.45, 7) is 3.90. The molecule has 1 aliphatic heterocycles. The highest BCUT2D eigenvalue weighted by atomic mass is 16.5. The normalized spacial score (nSPS) is 14.0. The summed E-state index contributed by atoms with van der Waals surface area (Å²) in [5.74, 6) is 1.69. The zero-order valence-electron chi connectivity index (χ0n) is 11.2. The Balaban J connectivity index is 2.00. The van der Waals surface area contributed by atoms with Gasteiger partial charge in [-0.15, -0.1) is 0 Å². The van der Waals surface area contributed by atoms with E-state index in [0.29, 0.717) is 0 Å². The van der Waals surface area contributed by atoms with Crippen LogP contribution in [0.5, 0.6) is 5.75 Å². The van der Waals surface area contributed by atoms with Crippen molar-refractivity contribution in [1.82, 2.24) is 15.3 Å². The van der Waals surface area contributed by atoms with Crippen LogP contribution in [0.1, 0.15) is 16.8 Å². The summed E-state index contributed by atoms with van der Waals surface area (Å²) in [6, 6.07) is 6.05. The average molecular weight is 255 g/mol. The molecule has 0 bridgehead atoms. The smallest absolute Gasteiger partial charge is 0.159 e. The van der Waals surface area contributed by atoms with Crippen LogP contribution in [0.25, 0.3) is 11.4 Å². The first-order valence-electron chi connectivity index (χ1n) is 6.48. The molecule has 0 atom stereocenters. The number of nitrogens with one attached hydrogen (secondary N) is 1. The van der Waals surface area contributed by atoms with Crippen molar-refractivity contribution in [3.8, 4) is 17.1 Å². The average Bonchev–Trinajstić information content (AvgIpc) is 2.46. The Morgan fingerprint density at radius 3 is 3.00 bits per heavy atom. The maximum Gasteiger partial charge on any atom is 0.159 e. The van der Waals surface area contributed by atoms with E-state index in [4.69, 9.17) is 4.74 Å². The molecule has 0 amide bonds. The van der Waals surface area contributed by atoms with Crippen molar-refractivity contribution in [3.05, 3.63) is 41.2 Å². The van der Waals surface area contributed by atoms with Gasteiger partial charge in [-0.05, 0) is 30.7 Å². The van der Waals surface area contributed by atoms with Gasteiger partial charge in [0, 0.05) is 36.8 Å². The summed E-state index contributed by atoms with van der Waals surface area (Å²) in [7, 11) is 1.68. The van der Waals surface area contributed by atoms with Crippen molar-refractivity contribution in [3.63, 3.8) is 0 Å².